The molecule has 0 bridgehead atoms. The van der Waals surface area contributed by atoms with E-state index in [2.05, 4.69) is 31.2 Å². The van der Waals surface area contributed by atoms with Gasteiger partial charge >= 0.3 is 6.18 Å². The number of aromatic nitrogens is 2. The maximum atomic E-state index is 14.0. The van der Waals surface area contributed by atoms with E-state index in [1.54, 1.807) is 97.6 Å². The highest BCUT2D eigenvalue weighted by Crippen LogP contribution is 2.33. The van der Waals surface area contributed by atoms with Crippen LogP contribution in [0.1, 0.15) is 26.3 Å². The van der Waals surface area contributed by atoms with Gasteiger partial charge in [-0.3, -0.25) is 19.6 Å². The summed E-state index contributed by atoms with van der Waals surface area (Å²) in [5, 5.41) is 11.4. The first-order valence-electron chi connectivity index (χ1n) is 12.6. The summed E-state index contributed by atoms with van der Waals surface area (Å²) in [5.41, 5.74) is 1.69. The Hall–Kier alpha value is -5.71. The molecule has 0 fully saturated rings. The van der Waals surface area contributed by atoms with E-state index in [1.165, 1.54) is 6.07 Å². The molecule has 4 N–H and O–H groups in total. The normalized spacial score (nSPS) is 10.9. The lowest BCUT2D eigenvalue weighted by atomic mass is 10.0. The Kier molecular flexibility index (Phi) is 8.10. The number of hydrogen-bond donors (Lipinski definition) is 4. The molecule has 5 aromatic rings. The van der Waals surface area contributed by atoms with Crippen LogP contribution in [0.3, 0.4) is 0 Å². The molecule has 0 aliphatic heterocycles. The van der Waals surface area contributed by atoms with Crippen molar-refractivity contribution in [2.75, 3.05) is 21.3 Å². The zero-order valence-corrected chi connectivity index (χ0v) is 21.8. The molecule has 210 valence electrons. The van der Waals surface area contributed by atoms with Crippen LogP contribution in [0, 0.1) is 0 Å². The number of carbonyl (C=O) groups is 2. The van der Waals surface area contributed by atoms with Gasteiger partial charge in [-0.1, -0.05) is 0 Å². The summed E-state index contributed by atoms with van der Waals surface area (Å²) < 4.78 is 41.9. The Balaban J connectivity index is 1.26. The molecule has 0 radical (unpaired) electrons. The molecule has 8 nitrogen and oxygen atoms in total. The maximum absolute atomic E-state index is 14.0. The summed E-state index contributed by atoms with van der Waals surface area (Å²) in [4.78, 5) is 33.5. The molecule has 0 unspecified atom stereocenters. The summed E-state index contributed by atoms with van der Waals surface area (Å²) in [5.74, 6) is -1.71. The van der Waals surface area contributed by atoms with Gasteiger partial charge in [-0.2, -0.15) is 13.2 Å². The monoisotopic (exact) mass is 568 g/mol. The van der Waals surface area contributed by atoms with Crippen LogP contribution in [0.15, 0.2) is 116 Å². The standard InChI is InChI=1S/C31H23F3N6O2/c32-31(33,34)28-19-20(29(41)39-23-6-2-21(3-7-23)37-25-11-15-35-16-12-25)1-10-27(28)30(42)40-24-8-4-22(5-9-24)38-26-13-17-36-18-14-26/h1-19H,(H,35,37)(H,36,38)(H,39,41)(H,40,42). The van der Waals surface area contributed by atoms with E-state index in [1.807, 2.05) is 0 Å². The van der Waals surface area contributed by atoms with Crippen LogP contribution in [-0.2, 0) is 6.18 Å². The lowest BCUT2D eigenvalue weighted by Crippen LogP contribution is -2.20. The first-order valence-corrected chi connectivity index (χ1v) is 12.6. The average molecular weight is 569 g/mol. The number of amides is 2. The Morgan fingerprint density at radius 1 is 0.524 bits per heavy atom. The number of hydrogen-bond acceptors (Lipinski definition) is 6. The van der Waals surface area contributed by atoms with E-state index in [-0.39, 0.29) is 5.56 Å². The first kappa shape index (κ1) is 27.8. The Labute approximate surface area is 238 Å². The van der Waals surface area contributed by atoms with Gasteiger partial charge in [-0.15, -0.1) is 0 Å². The number of pyridine rings is 2. The number of alkyl halides is 3. The molecule has 0 spiro atoms. The summed E-state index contributed by atoms with van der Waals surface area (Å²) in [6, 6.07) is 23.1. The van der Waals surface area contributed by atoms with Gasteiger partial charge in [-0.25, -0.2) is 0 Å². The second kappa shape index (κ2) is 12.2. The lowest BCUT2D eigenvalue weighted by molar-refractivity contribution is -0.137. The molecule has 3 aromatic carbocycles. The largest absolute Gasteiger partial charge is 0.417 e. The van der Waals surface area contributed by atoms with Crippen LogP contribution in [0.4, 0.5) is 47.3 Å². The first-order chi connectivity index (χ1) is 20.2. The van der Waals surface area contributed by atoms with E-state index in [0.717, 1.165) is 23.1 Å². The number of nitrogens with zero attached hydrogens (tertiary/aromatic N) is 2. The Morgan fingerprint density at radius 3 is 1.38 bits per heavy atom. The predicted octanol–water partition coefficient (Wildman–Crippen LogP) is 7.49. The number of benzene rings is 3. The third-order valence-corrected chi connectivity index (χ3v) is 6.06. The minimum atomic E-state index is -4.87. The summed E-state index contributed by atoms with van der Waals surface area (Å²) in [6.07, 6.45) is 1.67. The highest BCUT2D eigenvalue weighted by molar-refractivity contribution is 6.08. The van der Waals surface area contributed by atoms with Gasteiger partial charge in [0.1, 0.15) is 0 Å². The number of anilines is 6. The summed E-state index contributed by atoms with van der Waals surface area (Å²) >= 11 is 0. The fourth-order valence-electron chi connectivity index (χ4n) is 4.00. The van der Waals surface area contributed by atoms with Gasteiger partial charge in [-0.05, 0) is 91.0 Å². The smallest absolute Gasteiger partial charge is 0.355 e. The number of carbonyl (C=O) groups excluding carboxylic acids is 2. The summed E-state index contributed by atoms with van der Waals surface area (Å²) in [7, 11) is 0. The molecule has 2 amide bonds. The van der Waals surface area contributed by atoms with Gasteiger partial charge in [0.25, 0.3) is 11.8 Å². The molecule has 0 aliphatic carbocycles. The molecule has 42 heavy (non-hydrogen) atoms. The fraction of sp³-hybridized carbons (Fsp3) is 0.0323. The van der Waals surface area contributed by atoms with Crippen LogP contribution in [0.2, 0.25) is 0 Å². The molecule has 11 heteroatoms. The van der Waals surface area contributed by atoms with Crippen LogP contribution in [0.25, 0.3) is 0 Å². The van der Waals surface area contributed by atoms with Gasteiger partial charge in [0.2, 0.25) is 0 Å². The molecule has 0 atom stereocenters. The van der Waals surface area contributed by atoms with Crippen molar-refractivity contribution in [3.8, 4) is 0 Å². The maximum Gasteiger partial charge on any atom is 0.417 e. The molecular formula is C31H23F3N6O2. The van der Waals surface area contributed by atoms with E-state index in [9.17, 15) is 22.8 Å². The second-order valence-corrected chi connectivity index (χ2v) is 9.04. The van der Waals surface area contributed by atoms with Crippen molar-refractivity contribution < 1.29 is 22.8 Å². The van der Waals surface area contributed by atoms with Gasteiger partial charge < -0.3 is 21.3 Å². The van der Waals surface area contributed by atoms with Crippen molar-refractivity contribution in [2.24, 2.45) is 0 Å². The van der Waals surface area contributed by atoms with Crippen molar-refractivity contribution in [1.82, 2.24) is 9.97 Å². The SMILES string of the molecule is O=C(Nc1ccc(Nc2ccncc2)cc1)c1ccc(C(=O)Nc2ccc(Nc3ccncc3)cc2)c(C(F)(F)F)c1. The van der Waals surface area contributed by atoms with Crippen molar-refractivity contribution in [3.63, 3.8) is 0 Å². The zero-order chi connectivity index (χ0) is 29.5. The second-order valence-electron chi connectivity index (χ2n) is 9.04. The van der Waals surface area contributed by atoms with Crippen LogP contribution < -0.4 is 21.3 Å². The fourth-order valence-corrected chi connectivity index (χ4v) is 4.00. The lowest BCUT2D eigenvalue weighted by Gasteiger charge is -2.15. The van der Waals surface area contributed by atoms with Gasteiger partial charge in [0.15, 0.2) is 0 Å². The van der Waals surface area contributed by atoms with Crippen LogP contribution in [-0.4, -0.2) is 21.8 Å². The van der Waals surface area contributed by atoms with Gasteiger partial charge in [0, 0.05) is 64.5 Å². The zero-order valence-electron chi connectivity index (χ0n) is 21.8. The van der Waals surface area contributed by atoms with Crippen LogP contribution in [0.5, 0.6) is 0 Å². The minimum absolute atomic E-state index is 0.246. The quantitative estimate of drug-likeness (QED) is 0.155. The topological polar surface area (TPSA) is 108 Å². The van der Waals surface area contributed by atoms with Crippen molar-refractivity contribution in [1.29, 1.82) is 0 Å². The molecule has 2 heterocycles. The molecule has 0 saturated carbocycles. The van der Waals surface area contributed by atoms with E-state index < -0.39 is 29.1 Å². The van der Waals surface area contributed by atoms with E-state index >= 15 is 0 Å². The van der Waals surface area contributed by atoms with E-state index in [0.29, 0.717) is 23.1 Å². The minimum Gasteiger partial charge on any atom is -0.355 e. The highest BCUT2D eigenvalue weighted by Gasteiger charge is 2.36. The average Bonchev–Trinajstić information content (AvgIpc) is 2.99. The number of rotatable bonds is 8. The Bertz CT molecular complexity index is 1680. The van der Waals surface area contributed by atoms with Crippen molar-refractivity contribution in [2.45, 2.75) is 6.18 Å². The molecule has 0 saturated heterocycles. The summed E-state index contributed by atoms with van der Waals surface area (Å²) in [6.45, 7) is 0. The van der Waals surface area contributed by atoms with Crippen LogP contribution >= 0.6 is 0 Å². The molecular weight excluding hydrogens is 545 g/mol. The Morgan fingerprint density at radius 2 is 0.929 bits per heavy atom. The molecule has 2 aromatic heterocycles. The highest BCUT2D eigenvalue weighted by atomic mass is 19.4. The predicted molar refractivity (Wildman–Crippen MR) is 155 cm³/mol. The van der Waals surface area contributed by atoms with Crippen molar-refractivity contribution in [3.05, 3.63) is 132 Å². The van der Waals surface area contributed by atoms with E-state index in [4.69, 9.17) is 0 Å². The third-order valence-electron chi connectivity index (χ3n) is 6.06. The number of nitrogens with one attached hydrogen (secondary N) is 4. The molecule has 5 rings (SSSR count). The third kappa shape index (κ3) is 7.07. The van der Waals surface area contributed by atoms with Gasteiger partial charge in [0.05, 0.1) is 11.1 Å². The van der Waals surface area contributed by atoms with Crippen molar-refractivity contribution >= 4 is 45.9 Å². The number of halogens is 3. The molecule has 0 aliphatic rings.